The second-order valence-corrected chi connectivity index (χ2v) is 6.16. The third-order valence-electron chi connectivity index (χ3n) is 4.75. The van der Waals surface area contributed by atoms with Gasteiger partial charge in [0.15, 0.2) is 0 Å². The second-order valence-electron chi connectivity index (χ2n) is 6.16. The zero-order chi connectivity index (χ0) is 14.9. The molecule has 114 valence electrons. The molecular weight excluding hydrogens is 270 g/mol. The number of imide groups is 1. The first-order valence-corrected chi connectivity index (χ1v) is 7.68. The largest absolute Gasteiger partial charge is 0.342 e. The van der Waals surface area contributed by atoms with Gasteiger partial charge in [0, 0.05) is 19.5 Å². The molecule has 0 radical (unpaired) electrons. The maximum Gasteiger partial charge on any atom is 0.322 e. The van der Waals surface area contributed by atoms with Crippen LogP contribution in [-0.2, 0) is 9.59 Å². The summed E-state index contributed by atoms with van der Waals surface area (Å²) >= 11 is 0. The molecule has 0 unspecified atom stereocenters. The molecule has 0 atom stereocenters. The molecule has 3 aliphatic rings. The van der Waals surface area contributed by atoms with Crippen molar-refractivity contribution in [2.45, 2.75) is 50.5 Å². The van der Waals surface area contributed by atoms with Crippen LogP contribution >= 0.6 is 0 Å². The fourth-order valence-electron chi connectivity index (χ4n) is 3.39. The van der Waals surface area contributed by atoms with E-state index in [-0.39, 0.29) is 11.8 Å². The minimum atomic E-state index is -0.794. The number of piperidine rings is 1. The third kappa shape index (κ3) is 2.80. The summed E-state index contributed by atoms with van der Waals surface area (Å²) < 4.78 is 0. The Kier molecular flexibility index (Phi) is 3.69. The van der Waals surface area contributed by atoms with Crippen LogP contribution < -0.4 is 10.6 Å². The lowest BCUT2D eigenvalue weighted by Crippen LogP contribution is -2.55. The lowest BCUT2D eigenvalue weighted by molar-refractivity contribution is -0.135. The number of hydrogen-bond acceptors (Lipinski definition) is 3. The first-order valence-electron chi connectivity index (χ1n) is 7.68. The van der Waals surface area contributed by atoms with Gasteiger partial charge in [0.2, 0.25) is 5.91 Å². The van der Waals surface area contributed by atoms with Gasteiger partial charge in [-0.15, -0.1) is 0 Å². The summed E-state index contributed by atoms with van der Waals surface area (Å²) in [4.78, 5) is 37.3. The highest BCUT2D eigenvalue weighted by Gasteiger charge is 2.48. The fourth-order valence-corrected chi connectivity index (χ4v) is 3.39. The topological polar surface area (TPSA) is 78.5 Å². The van der Waals surface area contributed by atoms with Crippen LogP contribution in [0.2, 0.25) is 0 Å². The Bertz CT molecular complexity index is 504. The number of rotatable bonds is 2. The number of carbonyl (C=O) groups is 3. The van der Waals surface area contributed by atoms with Crippen molar-refractivity contribution in [3.8, 4) is 0 Å². The summed E-state index contributed by atoms with van der Waals surface area (Å²) in [6.45, 7) is 1.06. The molecule has 0 saturated carbocycles. The quantitative estimate of drug-likeness (QED) is 0.590. The summed E-state index contributed by atoms with van der Waals surface area (Å²) in [5.41, 5.74) is 0.455. The Balaban J connectivity index is 1.56. The average molecular weight is 291 g/mol. The monoisotopic (exact) mass is 291 g/mol. The minimum Gasteiger partial charge on any atom is -0.342 e. The summed E-state index contributed by atoms with van der Waals surface area (Å²) in [5, 5.41) is 5.00. The molecule has 6 heteroatoms. The van der Waals surface area contributed by atoms with Crippen LogP contribution in [0.5, 0.6) is 0 Å². The van der Waals surface area contributed by atoms with E-state index in [2.05, 4.69) is 16.7 Å². The third-order valence-corrected chi connectivity index (χ3v) is 4.75. The van der Waals surface area contributed by atoms with Crippen LogP contribution in [0.25, 0.3) is 0 Å². The smallest absolute Gasteiger partial charge is 0.322 e. The zero-order valence-electron chi connectivity index (χ0n) is 12.1. The van der Waals surface area contributed by atoms with Crippen molar-refractivity contribution in [1.29, 1.82) is 0 Å². The number of nitrogens with zero attached hydrogens (tertiary/aromatic N) is 1. The highest BCUT2D eigenvalue weighted by atomic mass is 16.2. The molecule has 6 nitrogen and oxygen atoms in total. The molecule has 1 spiro atoms. The van der Waals surface area contributed by atoms with E-state index in [1.807, 2.05) is 4.90 Å². The van der Waals surface area contributed by atoms with Crippen LogP contribution in [-0.4, -0.2) is 41.4 Å². The van der Waals surface area contributed by atoms with Gasteiger partial charge in [0.1, 0.15) is 5.54 Å². The number of allylic oxidation sites excluding steroid dienone is 1. The van der Waals surface area contributed by atoms with E-state index >= 15 is 0 Å². The van der Waals surface area contributed by atoms with Gasteiger partial charge in [-0.25, -0.2) is 4.79 Å². The van der Waals surface area contributed by atoms with E-state index in [0.29, 0.717) is 32.4 Å². The zero-order valence-corrected chi connectivity index (χ0v) is 12.1. The molecule has 2 heterocycles. The summed E-state index contributed by atoms with van der Waals surface area (Å²) in [5.74, 6) is -0.114. The Labute approximate surface area is 123 Å². The molecule has 4 amide bonds. The molecule has 21 heavy (non-hydrogen) atoms. The molecular formula is C15H21N3O3. The van der Waals surface area contributed by atoms with Crippen LogP contribution in [0.1, 0.15) is 44.9 Å². The van der Waals surface area contributed by atoms with Gasteiger partial charge in [-0.2, -0.15) is 0 Å². The molecule has 0 bridgehead atoms. The molecule has 3 rings (SSSR count). The molecule has 0 aromatic heterocycles. The highest BCUT2D eigenvalue weighted by Crippen LogP contribution is 2.27. The van der Waals surface area contributed by atoms with E-state index in [1.165, 1.54) is 18.4 Å². The Hall–Kier alpha value is -1.85. The number of carbonyl (C=O) groups excluding carboxylic acids is 3. The van der Waals surface area contributed by atoms with Crippen LogP contribution in [0, 0.1) is 0 Å². The summed E-state index contributed by atoms with van der Waals surface area (Å²) in [7, 11) is 0. The van der Waals surface area contributed by atoms with Crippen LogP contribution in [0.15, 0.2) is 11.6 Å². The van der Waals surface area contributed by atoms with Gasteiger partial charge in [-0.1, -0.05) is 11.6 Å². The minimum absolute atomic E-state index is 0.141. The number of nitrogens with one attached hydrogen (secondary N) is 2. The molecule has 0 aromatic carbocycles. The maximum atomic E-state index is 12.3. The Morgan fingerprint density at radius 3 is 2.57 bits per heavy atom. The Morgan fingerprint density at radius 1 is 1.24 bits per heavy atom. The predicted molar refractivity (Wildman–Crippen MR) is 76.4 cm³/mol. The van der Waals surface area contributed by atoms with Crippen LogP contribution in [0.3, 0.4) is 0 Å². The number of urea groups is 1. The lowest BCUT2D eigenvalue weighted by Gasteiger charge is -2.37. The van der Waals surface area contributed by atoms with Crippen molar-refractivity contribution >= 4 is 17.8 Å². The van der Waals surface area contributed by atoms with Crippen molar-refractivity contribution in [3.63, 3.8) is 0 Å². The van der Waals surface area contributed by atoms with E-state index in [4.69, 9.17) is 0 Å². The Morgan fingerprint density at radius 2 is 2.00 bits per heavy atom. The van der Waals surface area contributed by atoms with E-state index < -0.39 is 11.6 Å². The second kappa shape index (κ2) is 5.50. The van der Waals surface area contributed by atoms with Gasteiger partial charge in [0.25, 0.3) is 5.91 Å². The highest BCUT2D eigenvalue weighted by molar-refractivity contribution is 6.07. The molecule has 2 saturated heterocycles. The average Bonchev–Trinajstić information content (AvgIpc) is 2.74. The molecule has 2 aliphatic heterocycles. The van der Waals surface area contributed by atoms with Gasteiger partial charge < -0.3 is 10.2 Å². The first-order chi connectivity index (χ1) is 10.1. The summed E-state index contributed by atoms with van der Waals surface area (Å²) in [6, 6.07) is -0.424. The van der Waals surface area contributed by atoms with Gasteiger partial charge in [-0.3, -0.25) is 14.9 Å². The SMILES string of the molecule is O=C1NC(=O)C2(CCN(C(=O)CC3=CCCCC3)CC2)N1. The molecule has 2 fully saturated rings. The number of hydrogen-bond donors (Lipinski definition) is 2. The van der Waals surface area contributed by atoms with E-state index in [9.17, 15) is 14.4 Å². The molecule has 1 aliphatic carbocycles. The van der Waals surface area contributed by atoms with Gasteiger partial charge >= 0.3 is 6.03 Å². The first kappa shape index (κ1) is 14.1. The van der Waals surface area contributed by atoms with Gasteiger partial charge in [-0.05, 0) is 38.5 Å². The normalized spacial score (nSPS) is 24.6. The van der Waals surface area contributed by atoms with Crippen molar-refractivity contribution in [3.05, 3.63) is 11.6 Å². The van der Waals surface area contributed by atoms with Crippen molar-refractivity contribution in [2.75, 3.05) is 13.1 Å². The fraction of sp³-hybridized carbons (Fsp3) is 0.667. The lowest BCUT2D eigenvalue weighted by atomic mass is 9.87. The van der Waals surface area contributed by atoms with E-state index in [1.54, 1.807) is 0 Å². The predicted octanol–water partition coefficient (Wildman–Crippen LogP) is 1.08. The van der Waals surface area contributed by atoms with Gasteiger partial charge in [0.05, 0.1) is 0 Å². The van der Waals surface area contributed by atoms with Crippen LogP contribution in [0.4, 0.5) is 4.79 Å². The molecule has 0 aromatic rings. The number of likely N-dealkylation sites (tertiary alicyclic amines) is 1. The maximum absolute atomic E-state index is 12.3. The van der Waals surface area contributed by atoms with Crippen molar-refractivity contribution < 1.29 is 14.4 Å². The van der Waals surface area contributed by atoms with E-state index in [0.717, 1.165) is 12.8 Å². The summed E-state index contributed by atoms with van der Waals surface area (Å²) in [6.07, 6.45) is 8.20. The molecule has 2 N–H and O–H groups in total. The standard InChI is InChI=1S/C15H21N3O3/c19-12(10-11-4-2-1-3-5-11)18-8-6-15(7-9-18)13(20)16-14(21)17-15/h4H,1-3,5-10H2,(H2,16,17,20,21). The van der Waals surface area contributed by atoms with Crippen molar-refractivity contribution in [1.82, 2.24) is 15.5 Å². The number of amides is 4. The van der Waals surface area contributed by atoms with Crippen molar-refractivity contribution in [2.24, 2.45) is 0 Å².